The highest BCUT2D eigenvalue weighted by Gasteiger charge is 2.16. The van der Waals surface area contributed by atoms with Gasteiger partial charge in [0.05, 0.1) is 12.2 Å². The Hall–Kier alpha value is 0.270. The van der Waals surface area contributed by atoms with E-state index in [0.29, 0.717) is 12.2 Å². The van der Waals surface area contributed by atoms with Gasteiger partial charge in [-0.2, -0.15) is 12.6 Å². The maximum Gasteiger partial charge on any atom is 0.0857 e. The van der Waals surface area contributed by atoms with E-state index in [0.717, 1.165) is 0 Å². The van der Waals surface area contributed by atoms with Gasteiger partial charge in [-0.3, -0.25) is 0 Å². The number of thiol groups is 1. The number of aliphatic hydroxyl groups excluding tert-OH is 1. The van der Waals surface area contributed by atoms with Gasteiger partial charge in [0, 0.05) is 0 Å². The van der Waals surface area contributed by atoms with Gasteiger partial charge in [-0.1, -0.05) is 0 Å². The molecule has 0 radical (unpaired) electrons. The van der Waals surface area contributed by atoms with Gasteiger partial charge < -0.3 is 10.2 Å². The Morgan fingerprint density at radius 2 is 2.12 bits per heavy atom. The van der Waals surface area contributed by atoms with Crippen LogP contribution in [0.3, 0.4) is 0 Å². The first-order chi connectivity index (χ1) is 3.62. The van der Waals surface area contributed by atoms with Crippen molar-refractivity contribution in [1.82, 2.24) is 0 Å². The Labute approximate surface area is 54.9 Å². The molecule has 0 aromatic rings. The van der Waals surface area contributed by atoms with Gasteiger partial charge in [-0.15, -0.1) is 0 Å². The Morgan fingerprint density at radius 1 is 1.62 bits per heavy atom. The molecule has 3 heteroatoms. The largest absolute Gasteiger partial charge is 0.393 e. The highest BCUT2D eigenvalue weighted by atomic mass is 32.1. The fourth-order valence-electron chi connectivity index (χ4n) is 0.320. The van der Waals surface area contributed by atoms with E-state index in [1.54, 1.807) is 6.92 Å². The third-order valence-corrected chi connectivity index (χ3v) is 1.21. The zero-order valence-corrected chi connectivity index (χ0v) is 5.86. The van der Waals surface area contributed by atoms with E-state index in [2.05, 4.69) is 12.6 Å². The average Bonchev–Trinajstić information content (AvgIpc) is 1.67. The van der Waals surface area contributed by atoms with Crippen LogP contribution in [0.25, 0.3) is 0 Å². The molecule has 8 heavy (non-hydrogen) atoms. The molecule has 0 fully saturated rings. The molecular formula is C5H12O2S. The molecule has 0 aromatic heterocycles. The molecule has 0 bridgehead atoms. The topological polar surface area (TPSA) is 40.5 Å². The van der Waals surface area contributed by atoms with Crippen molar-refractivity contribution in [2.24, 2.45) is 0 Å². The molecule has 0 amide bonds. The molecule has 0 aliphatic rings. The summed E-state index contributed by atoms with van der Waals surface area (Å²) < 4.78 is 0. The summed E-state index contributed by atoms with van der Waals surface area (Å²) in [6.07, 6.45) is 0.534. The van der Waals surface area contributed by atoms with Gasteiger partial charge >= 0.3 is 0 Å². The van der Waals surface area contributed by atoms with E-state index in [9.17, 15) is 0 Å². The molecule has 50 valence electrons. The highest BCUT2D eigenvalue weighted by molar-refractivity contribution is 7.80. The third kappa shape index (κ3) is 3.29. The van der Waals surface area contributed by atoms with Crippen LogP contribution in [0.4, 0.5) is 0 Å². The van der Waals surface area contributed by atoms with E-state index in [1.807, 2.05) is 0 Å². The van der Waals surface area contributed by atoms with Gasteiger partial charge in [0.2, 0.25) is 0 Å². The van der Waals surface area contributed by atoms with Crippen LogP contribution in [-0.2, 0) is 0 Å². The van der Waals surface area contributed by atoms with Crippen LogP contribution in [0.2, 0.25) is 0 Å². The van der Waals surface area contributed by atoms with E-state index >= 15 is 0 Å². The lowest BCUT2D eigenvalue weighted by Crippen LogP contribution is -2.29. The first-order valence-corrected chi connectivity index (χ1v) is 3.20. The summed E-state index contributed by atoms with van der Waals surface area (Å²) >= 11 is 3.90. The van der Waals surface area contributed by atoms with Crippen molar-refractivity contribution in [3.05, 3.63) is 0 Å². The maximum absolute atomic E-state index is 9.02. The molecule has 0 saturated carbocycles. The molecule has 0 saturated heterocycles. The van der Waals surface area contributed by atoms with Crippen molar-refractivity contribution < 1.29 is 10.2 Å². The molecule has 0 heterocycles. The van der Waals surface area contributed by atoms with Crippen molar-refractivity contribution in [3.8, 4) is 0 Å². The zero-order valence-electron chi connectivity index (χ0n) is 4.96. The smallest absolute Gasteiger partial charge is 0.0857 e. The summed E-state index contributed by atoms with van der Waals surface area (Å²) in [5.41, 5.74) is -0.929. The number of rotatable bonds is 3. The number of aliphatic hydroxyl groups is 2. The summed E-state index contributed by atoms with van der Waals surface area (Å²) in [5.74, 6) is 0.605. The maximum atomic E-state index is 9.02. The van der Waals surface area contributed by atoms with Crippen LogP contribution < -0.4 is 0 Å². The summed E-state index contributed by atoms with van der Waals surface area (Å²) in [6, 6.07) is 0. The molecule has 0 aromatic carbocycles. The van der Waals surface area contributed by atoms with Crippen LogP contribution in [0, 0.1) is 0 Å². The van der Waals surface area contributed by atoms with Crippen molar-refractivity contribution in [2.45, 2.75) is 18.9 Å². The van der Waals surface area contributed by atoms with Crippen molar-refractivity contribution >= 4 is 12.6 Å². The van der Waals surface area contributed by atoms with Crippen LogP contribution >= 0.6 is 12.6 Å². The Morgan fingerprint density at radius 3 is 2.25 bits per heavy atom. The Kier molecular flexibility index (Phi) is 3.44. The highest BCUT2D eigenvalue weighted by Crippen LogP contribution is 2.07. The van der Waals surface area contributed by atoms with Gasteiger partial charge in [-0.25, -0.2) is 0 Å². The SMILES string of the molecule is CC(O)(CO)CCS. The molecule has 0 rings (SSSR count). The minimum atomic E-state index is -0.929. The average molecular weight is 136 g/mol. The molecule has 2 nitrogen and oxygen atoms in total. The molecular weight excluding hydrogens is 124 g/mol. The quantitative estimate of drug-likeness (QED) is 0.480. The lowest BCUT2D eigenvalue weighted by atomic mass is 10.1. The van der Waals surface area contributed by atoms with Gasteiger partial charge in [0.15, 0.2) is 0 Å². The monoisotopic (exact) mass is 136 g/mol. The van der Waals surface area contributed by atoms with Crippen molar-refractivity contribution in [2.75, 3.05) is 12.4 Å². The van der Waals surface area contributed by atoms with E-state index < -0.39 is 5.60 Å². The van der Waals surface area contributed by atoms with Gasteiger partial charge in [0.1, 0.15) is 0 Å². The second-order valence-electron chi connectivity index (χ2n) is 2.13. The minimum absolute atomic E-state index is 0.187. The lowest BCUT2D eigenvalue weighted by molar-refractivity contribution is -0.0000347. The van der Waals surface area contributed by atoms with Crippen LogP contribution in [-0.4, -0.2) is 28.2 Å². The minimum Gasteiger partial charge on any atom is -0.393 e. The number of hydrogen-bond donors (Lipinski definition) is 3. The first-order valence-electron chi connectivity index (χ1n) is 2.56. The van der Waals surface area contributed by atoms with Crippen LogP contribution in [0.5, 0.6) is 0 Å². The second-order valence-corrected chi connectivity index (χ2v) is 2.58. The van der Waals surface area contributed by atoms with E-state index in [4.69, 9.17) is 10.2 Å². The second kappa shape index (κ2) is 3.33. The predicted octanol–water partition coefficient (Wildman–Crippen LogP) is 0.0496. The van der Waals surface area contributed by atoms with Gasteiger partial charge in [0.25, 0.3) is 0 Å². The van der Waals surface area contributed by atoms with E-state index in [1.165, 1.54) is 0 Å². The summed E-state index contributed by atoms with van der Waals surface area (Å²) in [5, 5.41) is 17.5. The fourth-order valence-corrected chi connectivity index (χ4v) is 0.802. The summed E-state index contributed by atoms with van der Waals surface area (Å²) in [6.45, 7) is 1.40. The zero-order chi connectivity index (χ0) is 6.62. The molecule has 0 spiro atoms. The Balaban J connectivity index is 3.37. The predicted molar refractivity (Wildman–Crippen MR) is 36.2 cm³/mol. The number of hydrogen-bond acceptors (Lipinski definition) is 3. The molecule has 1 atom stereocenters. The fraction of sp³-hybridized carbons (Fsp3) is 1.00. The molecule has 1 unspecified atom stereocenters. The van der Waals surface area contributed by atoms with Crippen molar-refractivity contribution in [1.29, 1.82) is 0 Å². The summed E-state index contributed by atoms with van der Waals surface area (Å²) in [7, 11) is 0. The van der Waals surface area contributed by atoms with Crippen LogP contribution in [0.1, 0.15) is 13.3 Å². The standard InChI is InChI=1S/C5H12O2S/c1-5(7,4-6)2-3-8/h6-8H,2-4H2,1H3. The lowest BCUT2D eigenvalue weighted by Gasteiger charge is -2.17. The third-order valence-electron chi connectivity index (χ3n) is 0.991. The van der Waals surface area contributed by atoms with Gasteiger partial charge in [-0.05, 0) is 19.1 Å². The van der Waals surface area contributed by atoms with Crippen LogP contribution in [0.15, 0.2) is 0 Å². The molecule has 2 N–H and O–H groups in total. The van der Waals surface area contributed by atoms with Crippen molar-refractivity contribution in [3.63, 3.8) is 0 Å². The molecule has 0 aliphatic heterocycles. The van der Waals surface area contributed by atoms with E-state index in [-0.39, 0.29) is 6.61 Å². The normalized spacial score (nSPS) is 18.0. The summed E-state index contributed by atoms with van der Waals surface area (Å²) in [4.78, 5) is 0. The Bertz CT molecular complexity index is 63.4. The first kappa shape index (κ1) is 8.27. The molecule has 0 aliphatic carbocycles.